The minimum atomic E-state index is -0.295. The fourth-order valence-corrected chi connectivity index (χ4v) is 4.07. The number of aromatic nitrogens is 4. The number of anilines is 3. The maximum atomic E-state index is 11.5. The molecular formula is C18H28N8O2S. The Morgan fingerprint density at radius 3 is 2.66 bits per heavy atom. The van der Waals surface area contributed by atoms with E-state index >= 15 is 0 Å². The zero-order chi connectivity index (χ0) is 21.3. The van der Waals surface area contributed by atoms with Crippen molar-refractivity contribution in [1.82, 2.24) is 20.3 Å². The van der Waals surface area contributed by atoms with E-state index in [1.165, 1.54) is 16.8 Å². The molecule has 2 aromatic rings. The van der Waals surface area contributed by atoms with Gasteiger partial charge in [-0.15, -0.1) is 0 Å². The van der Waals surface area contributed by atoms with Gasteiger partial charge in [0.05, 0.1) is 6.54 Å². The van der Waals surface area contributed by atoms with E-state index in [0.29, 0.717) is 41.1 Å². The number of nitrogens with two attached hydrogens (primary N) is 2. The van der Waals surface area contributed by atoms with Gasteiger partial charge in [-0.25, -0.2) is 20.4 Å². The molecular weight excluding hydrogens is 392 g/mol. The van der Waals surface area contributed by atoms with Crippen LogP contribution < -0.4 is 21.5 Å². The summed E-state index contributed by atoms with van der Waals surface area (Å²) in [7, 11) is 0. The number of hydrogen-bond acceptors (Lipinski definition) is 11. The van der Waals surface area contributed by atoms with E-state index in [2.05, 4.69) is 20.2 Å². The molecule has 0 aromatic carbocycles. The van der Waals surface area contributed by atoms with Crippen LogP contribution in [0.5, 0.6) is 0 Å². The molecule has 10 nitrogen and oxygen atoms in total. The summed E-state index contributed by atoms with van der Waals surface area (Å²) in [6, 6.07) is 0. The van der Waals surface area contributed by atoms with Crippen molar-refractivity contribution >= 4 is 34.2 Å². The first kappa shape index (κ1) is 21.3. The van der Waals surface area contributed by atoms with Crippen molar-refractivity contribution in [2.24, 2.45) is 5.84 Å². The average molecular weight is 421 g/mol. The van der Waals surface area contributed by atoms with Gasteiger partial charge in [0.2, 0.25) is 0 Å². The molecule has 0 amide bonds. The van der Waals surface area contributed by atoms with Crippen molar-refractivity contribution in [3.63, 3.8) is 0 Å². The summed E-state index contributed by atoms with van der Waals surface area (Å²) in [5.41, 5.74) is 7.85. The number of hydrazine groups is 1. The molecule has 4 N–H and O–H groups in total. The number of hydrogen-bond donors (Lipinski definition) is 2. The third-order valence-electron chi connectivity index (χ3n) is 4.69. The molecule has 1 aliphatic heterocycles. The molecule has 11 heteroatoms. The number of carbonyl (C=O) groups excluding carboxylic acids is 1. The third-order valence-corrected chi connectivity index (χ3v) is 5.74. The Bertz CT molecular complexity index is 894. The number of aryl methyl sites for hydroxylation is 1. The Hall–Kier alpha value is -2.40. The minimum Gasteiger partial charge on any atom is -0.393 e. The lowest BCUT2D eigenvalue weighted by atomic mass is 9.95. The Kier molecular flexibility index (Phi) is 5.99. The van der Waals surface area contributed by atoms with Crippen LogP contribution in [-0.2, 0) is 16.8 Å². The average Bonchev–Trinajstić information content (AvgIpc) is 3.23. The van der Waals surface area contributed by atoms with Gasteiger partial charge in [-0.1, -0.05) is 42.8 Å². The molecule has 0 bridgehead atoms. The number of carbonyl (C=O) groups is 1. The normalized spacial score (nSPS) is 17.0. The molecule has 1 aliphatic rings. The van der Waals surface area contributed by atoms with E-state index in [4.69, 9.17) is 21.2 Å². The molecule has 1 fully saturated rings. The van der Waals surface area contributed by atoms with Crippen molar-refractivity contribution in [2.45, 2.75) is 58.2 Å². The second-order valence-corrected chi connectivity index (χ2v) is 9.73. The SMILES string of the molecule is CC(=O)SC1CCN(c2nc(C(C)(C)C)nc(N(N)Cc3nonc3C)c2N)C1. The zero-order valence-corrected chi connectivity index (χ0v) is 18.3. The van der Waals surface area contributed by atoms with Gasteiger partial charge in [0.25, 0.3) is 0 Å². The van der Waals surface area contributed by atoms with Gasteiger partial charge >= 0.3 is 0 Å². The van der Waals surface area contributed by atoms with Crippen LogP contribution in [-0.4, -0.2) is 43.7 Å². The van der Waals surface area contributed by atoms with Gasteiger partial charge in [0.1, 0.15) is 22.9 Å². The zero-order valence-electron chi connectivity index (χ0n) is 17.5. The van der Waals surface area contributed by atoms with Crippen LogP contribution in [0.2, 0.25) is 0 Å². The topological polar surface area (TPSA) is 140 Å². The highest BCUT2D eigenvalue weighted by Crippen LogP contribution is 2.36. The second-order valence-electron chi connectivity index (χ2n) is 8.25. The molecule has 0 aliphatic carbocycles. The van der Waals surface area contributed by atoms with Crippen molar-refractivity contribution in [2.75, 3.05) is 28.7 Å². The van der Waals surface area contributed by atoms with E-state index in [1.54, 1.807) is 13.8 Å². The van der Waals surface area contributed by atoms with Crippen molar-refractivity contribution in [1.29, 1.82) is 0 Å². The summed E-state index contributed by atoms with van der Waals surface area (Å²) in [5.74, 6) is 8.04. The highest BCUT2D eigenvalue weighted by Gasteiger charge is 2.30. The fraction of sp³-hybridized carbons (Fsp3) is 0.611. The van der Waals surface area contributed by atoms with E-state index in [1.807, 2.05) is 20.8 Å². The van der Waals surface area contributed by atoms with Crippen LogP contribution >= 0.6 is 11.8 Å². The Labute approximate surface area is 174 Å². The quantitative estimate of drug-likeness (QED) is 0.540. The molecule has 2 aromatic heterocycles. The lowest BCUT2D eigenvalue weighted by molar-refractivity contribution is -0.109. The first-order valence-corrected chi connectivity index (χ1v) is 10.3. The predicted molar refractivity (Wildman–Crippen MR) is 113 cm³/mol. The second kappa shape index (κ2) is 8.15. The Balaban J connectivity index is 1.95. The highest BCUT2D eigenvalue weighted by atomic mass is 32.2. The van der Waals surface area contributed by atoms with Gasteiger partial charge in [0, 0.05) is 30.7 Å². The summed E-state index contributed by atoms with van der Waals surface area (Å²) in [4.78, 5) is 23.0. The van der Waals surface area contributed by atoms with Crippen LogP contribution in [0.3, 0.4) is 0 Å². The maximum Gasteiger partial charge on any atom is 0.186 e. The van der Waals surface area contributed by atoms with Gasteiger partial charge in [-0.3, -0.25) is 9.80 Å². The van der Waals surface area contributed by atoms with Crippen LogP contribution in [0.25, 0.3) is 0 Å². The first-order chi connectivity index (χ1) is 13.6. The van der Waals surface area contributed by atoms with Crippen LogP contribution in [0.4, 0.5) is 17.3 Å². The maximum absolute atomic E-state index is 11.5. The lowest BCUT2D eigenvalue weighted by Gasteiger charge is -2.27. The standard InChI is InChI=1S/C18H28N8O2S/c1-10-13(24-28-23-10)9-26(20)16-14(19)15(21-17(22-16)18(3,4)5)25-7-6-12(8-25)29-11(2)27/h12H,6-9,19-20H2,1-5H3. The first-order valence-electron chi connectivity index (χ1n) is 9.46. The summed E-state index contributed by atoms with van der Waals surface area (Å²) < 4.78 is 4.75. The van der Waals surface area contributed by atoms with Crippen LogP contribution in [0.15, 0.2) is 4.63 Å². The third kappa shape index (κ3) is 4.78. The summed E-state index contributed by atoms with van der Waals surface area (Å²) >= 11 is 1.37. The monoisotopic (exact) mass is 420 g/mol. The molecule has 1 unspecified atom stereocenters. The Morgan fingerprint density at radius 1 is 1.34 bits per heavy atom. The van der Waals surface area contributed by atoms with E-state index in [-0.39, 0.29) is 22.3 Å². The van der Waals surface area contributed by atoms with Crippen molar-refractivity contribution in [3.8, 4) is 0 Å². The summed E-state index contributed by atoms with van der Waals surface area (Å²) in [6.45, 7) is 11.2. The van der Waals surface area contributed by atoms with Crippen LogP contribution in [0, 0.1) is 6.92 Å². The van der Waals surface area contributed by atoms with Gasteiger partial charge in [0.15, 0.2) is 16.8 Å². The molecule has 3 heterocycles. The molecule has 0 saturated carbocycles. The molecule has 0 radical (unpaired) electrons. The van der Waals surface area contributed by atoms with Gasteiger partial charge in [-0.2, -0.15) is 0 Å². The fourth-order valence-electron chi connectivity index (χ4n) is 3.12. The smallest absolute Gasteiger partial charge is 0.186 e. The van der Waals surface area contributed by atoms with Gasteiger partial charge in [-0.05, 0) is 13.3 Å². The van der Waals surface area contributed by atoms with Crippen molar-refractivity contribution < 1.29 is 9.42 Å². The largest absolute Gasteiger partial charge is 0.393 e. The van der Waals surface area contributed by atoms with Crippen LogP contribution in [0.1, 0.15) is 51.3 Å². The van der Waals surface area contributed by atoms with Gasteiger partial charge < -0.3 is 10.6 Å². The summed E-state index contributed by atoms with van der Waals surface area (Å²) in [5, 5.41) is 9.45. The molecule has 3 rings (SSSR count). The number of thioether (sulfide) groups is 1. The number of nitrogens with zero attached hydrogens (tertiary/aromatic N) is 6. The highest BCUT2D eigenvalue weighted by molar-refractivity contribution is 8.14. The predicted octanol–water partition coefficient (Wildman–Crippen LogP) is 1.79. The minimum absolute atomic E-state index is 0.119. The van der Waals surface area contributed by atoms with E-state index < -0.39 is 0 Å². The van der Waals surface area contributed by atoms with Crippen molar-refractivity contribution in [3.05, 3.63) is 17.2 Å². The lowest BCUT2D eigenvalue weighted by Crippen LogP contribution is -2.35. The molecule has 1 atom stereocenters. The molecule has 1 saturated heterocycles. The van der Waals surface area contributed by atoms with E-state index in [0.717, 1.165) is 13.0 Å². The number of nitrogen functional groups attached to an aromatic ring is 1. The number of rotatable bonds is 5. The molecule has 0 spiro atoms. The summed E-state index contributed by atoms with van der Waals surface area (Å²) in [6.07, 6.45) is 0.893. The van der Waals surface area contributed by atoms with E-state index in [9.17, 15) is 4.79 Å². The Morgan fingerprint density at radius 2 is 2.07 bits per heavy atom. The molecule has 158 valence electrons. The molecule has 29 heavy (non-hydrogen) atoms.